The van der Waals surface area contributed by atoms with Crippen molar-refractivity contribution >= 4 is 5.82 Å². The number of nitrogen functional groups attached to an aromatic ring is 1. The number of nitrogens with zero attached hydrogens (tertiary/aromatic N) is 2. The lowest BCUT2D eigenvalue weighted by molar-refractivity contribution is 0.553. The number of hydrogen-bond donors (Lipinski definition) is 1. The third-order valence-corrected chi connectivity index (χ3v) is 3.06. The van der Waals surface area contributed by atoms with Gasteiger partial charge < -0.3 is 5.73 Å². The van der Waals surface area contributed by atoms with Gasteiger partial charge >= 0.3 is 0 Å². The van der Waals surface area contributed by atoms with Crippen molar-refractivity contribution in [3.8, 4) is 0 Å². The highest BCUT2D eigenvalue weighted by Gasteiger charge is 2.47. The summed E-state index contributed by atoms with van der Waals surface area (Å²) in [4.78, 5) is 0. The van der Waals surface area contributed by atoms with E-state index in [-0.39, 0.29) is 17.1 Å². The molecule has 0 aliphatic heterocycles. The maximum Gasteiger partial charge on any atom is 0.188 e. The molecule has 1 aromatic heterocycles. The zero-order chi connectivity index (χ0) is 9.64. The standard InChI is InChI=1S/C9H14FN3/c1-3-9(4-5-9)7-6(10)8(11)13(2)12-7/h3-5,11H2,1-2H3. The maximum atomic E-state index is 13.5. The van der Waals surface area contributed by atoms with Crippen LogP contribution in [0.1, 0.15) is 31.9 Å². The summed E-state index contributed by atoms with van der Waals surface area (Å²) in [6, 6.07) is 0. The van der Waals surface area contributed by atoms with E-state index in [0.29, 0.717) is 5.69 Å². The topological polar surface area (TPSA) is 43.8 Å². The number of nitrogens with two attached hydrogens (primary N) is 1. The Balaban J connectivity index is 2.46. The van der Waals surface area contributed by atoms with Crippen LogP contribution in [-0.2, 0) is 12.5 Å². The third-order valence-electron chi connectivity index (χ3n) is 3.06. The monoisotopic (exact) mass is 183 g/mol. The lowest BCUT2D eigenvalue weighted by Crippen LogP contribution is -2.07. The Bertz CT molecular complexity index is 339. The van der Waals surface area contributed by atoms with Crippen molar-refractivity contribution in [2.45, 2.75) is 31.6 Å². The second-order valence-electron chi connectivity index (χ2n) is 3.81. The predicted octanol–water partition coefficient (Wildman–Crippen LogP) is 1.58. The molecule has 2 rings (SSSR count). The summed E-state index contributed by atoms with van der Waals surface area (Å²) < 4.78 is 15.0. The molecule has 72 valence electrons. The highest BCUT2D eigenvalue weighted by Crippen LogP contribution is 2.51. The molecule has 1 aromatic rings. The molecule has 0 atom stereocenters. The fourth-order valence-electron chi connectivity index (χ4n) is 1.76. The lowest BCUT2D eigenvalue weighted by atomic mass is 9.99. The van der Waals surface area contributed by atoms with Gasteiger partial charge in [-0.15, -0.1) is 0 Å². The van der Waals surface area contributed by atoms with Gasteiger partial charge in [-0.05, 0) is 19.3 Å². The van der Waals surface area contributed by atoms with Gasteiger partial charge in [-0.1, -0.05) is 6.92 Å². The van der Waals surface area contributed by atoms with Crippen LogP contribution in [-0.4, -0.2) is 9.78 Å². The minimum Gasteiger partial charge on any atom is -0.381 e. The fourth-order valence-corrected chi connectivity index (χ4v) is 1.76. The number of anilines is 1. The number of aryl methyl sites for hydroxylation is 1. The number of halogens is 1. The molecule has 13 heavy (non-hydrogen) atoms. The van der Waals surface area contributed by atoms with E-state index in [1.165, 1.54) is 4.68 Å². The number of aromatic nitrogens is 2. The van der Waals surface area contributed by atoms with E-state index in [9.17, 15) is 4.39 Å². The molecular weight excluding hydrogens is 169 g/mol. The van der Waals surface area contributed by atoms with Crippen molar-refractivity contribution in [1.82, 2.24) is 9.78 Å². The van der Waals surface area contributed by atoms with Crippen LogP contribution in [0.3, 0.4) is 0 Å². The van der Waals surface area contributed by atoms with Crippen molar-refractivity contribution in [2.24, 2.45) is 7.05 Å². The van der Waals surface area contributed by atoms with Gasteiger partial charge in [-0.25, -0.2) is 4.39 Å². The molecule has 1 heterocycles. The van der Waals surface area contributed by atoms with Crippen molar-refractivity contribution in [3.05, 3.63) is 11.5 Å². The van der Waals surface area contributed by atoms with Gasteiger partial charge in [0.2, 0.25) is 0 Å². The molecule has 0 amide bonds. The molecule has 4 heteroatoms. The lowest BCUT2D eigenvalue weighted by Gasteiger charge is -2.07. The van der Waals surface area contributed by atoms with Crippen LogP contribution in [0.4, 0.5) is 10.2 Å². The van der Waals surface area contributed by atoms with E-state index < -0.39 is 0 Å². The summed E-state index contributed by atoms with van der Waals surface area (Å²) in [6.07, 6.45) is 3.02. The Morgan fingerprint density at radius 2 is 2.23 bits per heavy atom. The molecule has 0 unspecified atom stereocenters. The highest BCUT2D eigenvalue weighted by molar-refractivity contribution is 5.39. The third kappa shape index (κ3) is 1.04. The van der Waals surface area contributed by atoms with Crippen LogP contribution in [0, 0.1) is 5.82 Å². The summed E-state index contributed by atoms with van der Waals surface area (Å²) in [5, 5.41) is 4.13. The van der Waals surface area contributed by atoms with Gasteiger partial charge in [-0.2, -0.15) is 5.10 Å². The fraction of sp³-hybridized carbons (Fsp3) is 0.667. The molecule has 0 radical (unpaired) electrons. The molecular formula is C9H14FN3. The van der Waals surface area contributed by atoms with Crippen LogP contribution in [0.5, 0.6) is 0 Å². The molecule has 0 saturated heterocycles. The van der Waals surface area contributed by atoms with Gasteiger partial charge in [0.15, 0.2) is 11.6 Å². The zero-order valence-corrected chi connectivity index (χ0v) is 7.97. The zero-order valence-electron chi connectivity index (χ0n) is 7.97. The van der Waals surface area contributed by atoms with Gasteiger partial charge in [0.05, 0.1) is 0 Å². The molecule has 1 aliphatic carbocycles. The Morgan fingerprint density at radius 3 is 2.54 bits per heavy atom. The highest BCUT2D eigenvalue weighted by atomic mass is 19.1. The summed E-state index contributed by atoms with van der Waals surface area (Å²) in [5.74, 6) is -0.170. The Labute approximate surface area is 76.7 Å². The Kier molecular flexibility index (Phi) is 1.62. The van der Waals surface area contributed by atoms with Gasteiger partial charge in [0.25, 0.3) is 0 Å². The van der Waals surface area contributed by atoms with Crippen molar-refractivity contribution in [3.63, 3.8) is 0 Å². The average molecular weight is 183 g/mol. The van der Waals surface area contributed by atoms with Crippen LogP contribution in [0.25, 0.3) is 0 Å². The summed E-state index contributed by atoms with van der Waals surface area (Å²) in [6.45, 7) is 2.07. The molecule has 2 N–H and O–H groups in total. The predicted molar refractivity (Wildman–Crippen MR) is 48.8 cm³/mol. The average Bonchev–Trinajstić information content (AvgIpc) is 2.87. The van der Waals surface area contributed by atoms with Crippen LogP contribution >= 0.6 is 0 Å². The van der Waals surface area contributed by atoms with Crippen molar-refractivity contribution < 1.29 is 4.39 Å². The summed E-state index contributed by atoms with van der Waals surface area (Å²) in [5.41, 5.74) is 6.07. The van der Waals surface area contributed by atoms with Crippen LogP contribution in [0.15, 0.2) is 0 Å². The Hall–Kier alpha value is -1.06. The summed E-state index contributed by atoms with van der Waals surface area (Å²) >= 11 is 0. The van der Waals surface area contributed by atoms with E-state index in [4.69, 9.17) is 5.73 Å². The first-order chi connectivity index (χ1) is 6.10. The first kappa shape index (κ1) is 8.53. The molecule has 3 nitrogen and oxygen atoms in total. The molecule has 1 saturated carbocycles. The van der Waals surface area contributed by atoms with Crippen LogP contribution in [0.2, 0.25) is 0 Å². The van der Waals surface area contributed by atoms with E-state index in [2.05, 4.69) is 12.0 Å². The van der Waals surface area contributed by atoms with E-state index in [1.54, 1.807) is 7.05 Å². The van der Waals surface area contributed by atoms with Gasteiger partial charge in [0.1, 0.15) is 5.69 Å². The molecule has 0 spiro atoms. The van der Waals surface area contributed by atoms with E-state index >= 15 is 0 Å². The minimum absolute atomic E-state index is 0.000532. The normalized spacial score (nSPS) is 19.0. The van der Waals surface area contributed by atoms with Crippen molar-refractivity contribution in [2.75, 3.05) is 5.73 Å². The summed E-state index contributed by atoms with van der Waals surface area (Å²) in [7, 11) is 1.67. The quantitative estimate of drug-likeness (QED) is 0.756. The maximum absolute atomic E-state index is 13.5. The molecule has 1 aliphatic rings. The molecule has 0 aromatic carbocycles. The smallest absolute Gasteiger partial charge is 0.188 e. The second kappa shape index (κ2) is 2.47. The molecule has 0 bridgehead atoms. The molecule has 1 fully saturated rings. The van der Waals surface area contributed by atoms with Crippen LogP contribution < -0.4 is 5.73 Å². The number of rotatable bonds is 2. The minimum atomic E-state index is -0.318. The first-order valence-electron chi connectivity index (χ1n) is 4.59. The van der Waals surface area contributed by atoms with Gasteiger partial charge in [0, 0.05) is 12.5 Å². The van der Waals surface area contributed by atoms with E-state index in [1.807, 2.05) is 0 Å². The van der Waals surface area contributed by atoms with Gasteiger partial charge in [-0.3, -0.25) is 4.68 Å². The number of hydrogen-bond acceptors (Lipinski definition) is 2. The largest absolute Gasteiger partial charge is 0.381 e. The second-order valence-corrected chi connectivity index (χ2v) is 3.81. The SMILES string of the molecule is CCC1(c2nn(C)c(N)c2F)CC1. The first-order valence-corrected chi connectivity index (χ1v) is 4.59. The Morgan fingerprint density at radius 1 is 1.62 bits per heavy atom. The van der Waals surface area contributed by atoms with Crippen molar-refractivity contribution in [1.29, 1.82) is 0 Å². The van der Waals surface area contributed by atoms with E-state index in [0.717, 1.165) is 19.3 Å².